The number of hydrogen-bond donors (Lipinski definition) is 0. The quantitative estimate of drug-likeness (QED) is 0.570. The van der Waals surface area contributed by atoms with Gasteiger partial charge in [-0.2, -0.15) is 0 Å². The van der Waals surface area contributed by atoms with Gasteiger partial charge in [-0.25, -0.2) is 0 Å². The first kappa shape index (κ1) is 8.31. The zero-order valence-corrected chi connectivity index (χ0v) is 7.42. The van der Waals surface area contributed by atoms with Crippen LogP contribution in [0.2, 0.25) is 0 Å². The highest BCUT2D eigenvalue weighted by atomic mass is 16.1. The van der Waals surface area contributed by atoms with Crippen LogP contribution in [-0.2, 0) is 4.79 Å². The molecule has 0 aliphatic carbocycles. The number of rotatable bonds is 1. The number of Topliss-reactive ketones (excluding diaryl/α,β-unsaturated/α-hetero) is 1. The molecule has 11 heavy (non-hydrogen) atoms. The molecule has 0 aromatic rings. The molecule has 1 aliphatic heterocycles. The number of hydrogen-bond acceptors (Lipinski definition) is 2. The molecule has 1 unspecified atom stereocenters. The van der Waals surface area contributed by atoms with E-state index in [0.29, 0.717) is 18.2 Å². The normalized spacial score (nSPS) is 25.4. The molecule has 1 atom stereocenters. The van der Waals surface area contributed by atoms with E-state index in [4.69, 9.17) is 0 Å². The highest BCUT2D eigenvalue weighted by molar-refractivity contribution is 5.96. The van der Waals surface area contributed by atoms with E-state index < -0.39 is 0 Å². The van der Waals surface area contributed by atoms with Gasteiger partial charge in [0.05, 0.1) is 0 Å². The minimum atomic E-state index is 0.318. The fraction of sp³-hybridized carbons (Fsp3) is 0.667. The summed E-state index contributed by atoms with van der Waals surface area (Å²) in [6.45, 7) is 4.09. The largest absolute Gasteiger partial charge is 0.377 e. The van der Waals surface area contributed by atoms with Gasteiger partial charge in [0, 0.05) is 31.3 Å². The van der Waals surface area contributed by atoms with E-state index in [-0.39, 0.29) is 0 Å². The molecule has 0 amide bonds. The van der Waals surface area contributed by atoms with Gasteiger partial charge in [-0.3, -0.25) is 4.79 Å². The maximum atomic E-state index is 11.3. The van der Waals surface area contributed by atoms with Crippen LogP contribution in [0.5, 0.6) is 0 Å². The predicted octanol–water partition coefficient (Wildman–Crippen LogP) is 1.57. The van der Waals surface area contributed by atoms with E-state index in [0.717, 1.165) is 12.0 Å². The van der Waals surface area contributed by atoms with E-state index in [1.54, 1.807) is 0 Å². The van der Waals surface area contributed by atoms with Crippen molar-refractivity contribution in [2.45, 2.75) is 32.7 Å². The second-order valence-corrected chi connectivity index (χ2v) is 3.15. The molecule has 0 aromatic heterocycles. The Labute approximate surface area is 67.9 Å². The summed E-state index contributed by atoms with van der Waals surface area (Å²) in [6, 6.07) is 0.373. The van der Waals surface area contributed by atoms with Crippen molar-refractivity contribution in [3.8, 4) is 0 Å². The van der Waals surface area contributed by atoms with Crippen LogP contribution >= 0.6 is 0 Å². The van der Waals surface area contributed by atoms with E-state index in [9.17, 15) is 4.79 Å². The van der Waals surface area contributed by atoms with Gasteiger partial charge in [0.15, 0.2) is 5.78 Å². The third kappa shape index (κ3) is 1.62. The van der Waals surface area contributed by atoms with Gasteiger partial charge in [0.2, 0.25) is 0 Å². The van der Waals surface area contributed by atoms with Gasteiger partial charge < -0.3 is 4.90 Å². The summed E-state index contributed by atoms with van der Waals surface area (Å²) in [6.07, 6.45) is 3.50. The van der Waals surface area contributed by atoms with Gasteiger partial charge >= 0.3 is 0 Å². The summed E-state index contributed by atoms with van der Waals surface area (Å²) in [7, 11) is 2.02. The molecule has 0 saturated heterocycles. The average Bonchev–Trinajstić information content (AvgIpc) is 1.97. The third-order valence-electron chi connectivity index (χ3n) is 2.27. The monoisotopic (exact) mass is 153 g/mol. The summed E-state index contributed by atoms with van der Waals surface area (Å²) in [5, 5.41) is 0. The SMILES string of the molecule is CCC1=CN(C)C(C)CC1=O. The van der Waals surface area contributed by atoms with Gasteiger partial charge in [-0.1, -0.05) is 6.92 Å². The lowest BCUT2D eigenvalue weighted by Crippen LogP contribution is -2.32. The van der Waals surface area contributed by atoms with Crippen LogP contribution < -0.4 is 0 Å². The lowest BCUT2D eigenvalue weighted by molar-refractivity contribution is -0.117. The maximum absolute atomic E-state index is 11.3. The third-order valence-corrected chi connectivity index (χ3v) is 2.27. The molecule has 2 nitrogen and oxygen atoms in total. The molecule has 0 fully saturated rings. The first-order valence-corrected chi connectivity index (χ1v) is 4.11. The Kier molecular flexibility index (Phi) is 2.32. The second kappa shape index (κ2) is 3.07. The highest BCUT2D eigenvalue weighted by Gasteiger charge is 2.20. The molecule has 62 valence electrons. The number of nitrogens with zero attached hydrogens (tertiary/aromatic N) is 1. The Bertz CT molecular complexity index is 196. The summed E-state index contributed by atoms with van der Waals surface area (Å²) in [5.41, 5.74) is 0.964. The second-order valence-electron chi connectivity index (χ2n) is 3.15. The number of allylic oxidation sites excluding steroid dienone is 1. The van der Waals surface area contributed by atoms with Crippen LogP contribution in [0.1, 0.15) is 26.7 Å². The zero-order valence-electron chi connectivity index (χ0n) is 7.42. The van der Waals surface area contributed by atoms with E-state index in [1.807, 2.05) is 20.2 Å². The Morgan fingerprint density at radius 1 is 1.73 bits per heavy atom. The van der Waals surface area contributed by atoms with Gasteiger partial charge in [-0.05, 0) is 13.3 Å². The summed E-state index contributed by atoms with van der Waals surface area (Å²) >= 11 is 0. The molecular formula is C9H15NO. The Morgan fingerprint density at radius 2 is 2.36 bits per heavy atom. The van der Waals surface area contributed by atoms with Crippen molar-refractivity contribution in [3.05, 3.63) is 11.8 Å². The first-order chi connectivity index (χ1) is 5.15. The van der Waals surface area contributed by atoms with Crippen molar-refractivity contribution in [2.75, 3.05) is 7.05 Å². The Morgan fingerprint density at radius 3 is 2.91 bits per heavy atom. The fourth-order valence-corrected chi connectivity index (χ4v) is 1.28. The average molecular weight is 153 g/mol. The van der Waals surface area contributed by atoms with Gasteiger partial charge in [0.25, 0.3) is 0 Å². The van der Waals surface area contributed by atoms with Crippen molar-refractivity contribution >= 4 is 5.78 Å². The summed E-state index contributed by atoms with van der Waals surface area (Å²) in [5.74, 6) is 0.318. The minimum Gasteiger partial charge on any atom is -0.377 e. The van der Waals surface area contributed by atoms with Gasteiger partial charge in [0.1, 0.15) is 0 Å². The van der Waals surface area contributed by atoms with Crippen molar-refractivity contribution in [1.82, 2.24) is 4.90 Å². The number of ketones is 1. The van der Waals surface area contributed by atoms with Crippen molar-refractivity contribution in [3.63, 3.8) is 0 Å². The molecule has 0 saturated carbocycles. The zero-order chi connectivity index (χ0) is 8.43. The molecule has 1 aliphatic rings. The molecule has 2 heteroatoms. The molecule has 1 heterocycles. The van der Waals surface area contributed by atoms with Crippen LogP contribution in [0.15, 0.2) is 11.8 Å². The summed E-state index contributed by atoms with van der Waals surface area (Å²) < 4.78 is 0. The van der Waals surface area contributed by atoms with Crippen LogP contribution in [0.25, 0.3) is 0 Å². The van der Waals surface area contributed by atoms with E-state index >= 15 is 0 Å². The molecule has 0 N–H and O–H groups in total. The lowest BCUT2D eigenvalue weighted by atomic mass is 9.99. The molecular weight excluding hydrogens is 138 g/mol. The van der Waals surface area contributed by atoms with Crippen LogP contribution in [0, 0.1) is 0 Å². The van der Waals surface area contributed by atoms with Crippen molar-refractivity contribution in [1.29, 1.82) is 0 Å². The van der Waals surface area contributed by atoms with Crippen LogP contribution in [-0.4, -0.2) is 23.8 Å². The highest BCUT2D eigenvalue weighted by Crippen LogP contribution is 2.17. The number of carbonyl (C=O) groups is 1. The van der Waals surface area contributed by atoms with Crippen molar-refractivity contribution < 1.29 is 4.79 Å². The Hall–Kier alpha value is -0.790. The van der Waals surface area contributed by atoms with E-state index in [1.165, 1.54) is 0 Å². The van der Waals surface area contributed by atoms with Crippen LogP contribution in [0.3, 0.4) is 0 Å². The minimum absolute atomic E-state index is 0.318. The Balaban J connectivity index is 2.79. The van der Waals surface area contributed by atoms with E-state index in [2.05, 4.69) is 11.8 Å². The fourth-order valence-electron chi connectivity index (χ4n) is 1.28. The maximum Gasteiger partial charge on any atom is 0.162 e. The first-order valence-electron chi connectivity index (χ1n) is 4.11. The lowest BCUT2D eigenvalue weighted by Gasteiger charge is -2.28. The standard InChI is InChI=1S/C9H15NO/c1-4-8-6-10(3)7(2)5-9(8)11/h6-7H,4-5H2,1-3H3. The molecule has 0 aromatic carbocycles. The molecule has 1 rings (SSSR count). The molecule has 0 spiro atoms. The topological polar surface area (TPSA) is 20.3 Å². The predicted molar refractivity (Wildman–Crippen MR) is 45.2 cm³/mol. The molecule has 0 radical (unpaired) electrons. The number of carbonyl (C=O) groups excluding carboxylic acids is 1. The summed E-state index contributed by atoms with van der Waals surface area (Å²) in [4.78, 5) is 13.4. The van der Waals surface area contributed by atoms with Gasteiger partial charge in [-0.15, -0.1) is 0 Å². The smallest absolute Gasteiger partial charge is 0.162 e. The molecule has 0 bridgehead atoms. The van der Waals surface area contributed by atoms with Crippen LogP contribution in [0.4, 0.5) is 0 Å². The van der Waals surface area contributed by atoms with Crippen molar-refractivity contribution in [2.24, 2.45) is 0 Å².